The van der Waals surface area contributed by atoms with Gasteiger partial charge in [0.05, 0.1) is 18.4 Å². The van der Waals surface area contributed by atoms with Crippen molar-refractivity contribution in [2.45, 2.75) is 32.0 Å². The number of amides is 2. The lowest BCUT2D eigenvalue weighted by Crippen LogP contribution is -2.43. The minimum atomic E-state index is -0.115. The second-order valence-corrected chi connectivity index (χ2v) is 8.31. The first-order valence-corrected chi connectivity index (χ1v) is 10.8. The molecule has 0 aliphatic heterocycles. The minimum absolute atomic E-state index is 0.0539. The highest BCUT2D eigenvalue weighted by atomic mass is 79.9. The van der Waals surface area contributed by atoms with Gasteiger partial charge in [0.1, 0.15) is 12.3 Å². The lowest BCUT2D eigenvalue weighted by molar-refractivity contribution is -0.133. The van der Waals surface area contributed by atoms with E-state index in [1.165, 1.54) is 0 Å². The fraction of sp³-hybridized carbons (Fsp3) is 0.250. The molecule has 2 aromatic carbocycles. The number of rotatable bonds is 8. The van der Waals surface area contributed by atoms with Gasteiger partial charge in [0, 0.05) is 17.1 Å². The van der Waals surface area contributed by atoms with Crippen molar-refractivity contribution in [2.75, 3.05) is 6.54 Å². The van der Waals surface area contributed by atoms with Crippen LogP contribution in [0.2, 0.25) is 0 Å². The Morgan fingerprint density at radius 1 is 0.933 bits per heavy atom. The Morgan fingerprint density at radius 3 is 2.33 bits per heavy atom. The Bertz CT molecular complexity index is 1000. The van der Waals surface area contributed by atoms with Crippen LogP contribution in [-0.2, 0) is 17.9 Å². The van der Waals surface area contributed by atoms with Crippen LogP contribution in [0.25, 0.3) is 0 Å². The van der Waals surface area contributed by atoms with Crippen molar-refractivity contribution in [3.05, 3.63) is 94.4 Å². The molecule has 2 amide bonds. The van der Waals surface area contributed by atoms with Crippen molar-refractivity contribution in [2.24, 2.45) is 0 Å². The van der Waals surface area contributed by atoms with Gasteiger partial charge in [0.25, 0.3) is 5.91 Å². The van der Waals surface area contributed by atoms with Gasteiger partial charge in [-0.25, -0.2) is 0 Å². The van der Waals surface area contributed by atoms with E-state index in [2.05, 4.69) is 15.9 Å². The standard InChI is InChI=1S/C24H23BrN2O3/c25-22-11-5-4-10-21(22)24(29)27(19-12-13-19)17-23(28)26(16-20-9-6-14-30-20)15-18-7-2-1-3-8-18/h1-11,14,19H,12-13,15-17H2. The second-order valence-electron chi connectivity index (χ2n) is 7.46. The first kappa shape index (κ1) is 20.4. The summed E-state index contributed by atoms with van der Waals surface area (Å²) in [4.78, 5) is 30.0. The van der Waals surface area contributed by atoms with Gasteiger partial charge in [-0.05, 0) is 58.6 Å². The molecule has 154 valence electrons. The molecule has 0 atom stereocenters. The molecule has 0 radical (unpaired) electrons. The molecule has 0 saturated heterocycles. The average Bonchev–Trinajstić information content (AvgIpc) is 3.47. The van der Waals surface area contributed by atoms with E-state index in [-0.39, 0.29) is 24.4 Å². The lowest BCUT2D eigenvalue weighted by atomic mass is 10.2. The van der Waals surface area contributed by atoms with Crippen molar-refractivity contribution in [1.82, 2.24) is 9.80 Å². The van der Waals surface area contributed by atoms with Crippen LogP contribution in [0.1, 0.15) is 34.5 Å². The summed E-state index contributed by atoms with van der Waals surface area (Å²) in [5.41, 5.74) is 1.62. The quantitative estimate of drug-likeness (QED) is 0.475. The summed E-state index contributed by atoms with van der Waals surface area (Å²) in [7, 11) is 0. The van der Waals surface area contributed by atoms with Crippen molar-refractivity contribution in [1.29, 1.82) is 0 Å². The maximum absolute atomic E-state index is 13.3. The molecule has 1 fully saturated rings. The molecular weight excluding hydrogens is 444 g/mol. The second kappa shape index (κ2) is 9.30. The number of nitrogens with zero attached hydrogens (tertiary/aromatic N) is 2. The van der Waals surface area contributed by atoms with Crippen LogP contribution in [0, 0.1) is 0 Å². The van der Waals surface area contributed by atoms with E-state index in [0.29, 0.717) is 18.7 Å². The van der Waals surface area contributed by atoms with Crippen LogP contribution >= 0.6 is 15.9 Å². The third-order valence-corrected chi connectivity index (χ3v) is 5.85. The molecule has 0 unspecified atom stereocenters. The minimum Gasteiger partial charge on any atom is -0.467 e. The van der Waals surface area contributed by atoms with Gasteiger partial charge >= 0.3 is 0 Å². The van der Waals surface area contributed by atoms with E-state index in [1.807, 2.05) is 60.7 Å². The Kier molecular flexibility index (Phi) is 6.33. The fourth-order valence-electron chi connectivity index (χ4n) is 3.41. The van der Waals surface area contributed by atoms with Crippen LogP contribution in [0.4, 0.5) is 0 Å². The summed E-state index contributed by atoms with van der Waals surface area (Å²) in [6, 6.07) is 21.0. The number of furan rings is 1. The summed E-state index contributed by atoms with van der Waals surface area (Å²) in [5, 5.41) is 0. The van der Waals surface area contributed by atoms with Gasteiger partial charge in [0.2, 0.25) is 5.91 Å². The Balaban J connectivity index is 1.53. The largest absolute Gasteiger partial charge is 0.467 e. The molecule has 0 spiro atoms. The molecule has 3 aromatic rings. The maximum Gasteiger partial charge on any atom is 0.255 e. The number of benzene rings is 2. The van der Waals surface area contributed by atoms with E-state index >= 15 is 0 Å². The van der Waals surface area contributed by atoms with Gasteiger partial charge in [-0.1, -0.05) is 42.5 Å². The van der Waals surface area contributed by atoms with Gasteiger partial charge < -0.3 is 14.2 Å². The molecule has 4 rings (SSSR count). The van der Waals surface area contributed by atoms with Crippen LogP contribution in [0.3, 0.4) is 0 Å². The van der Waals surface area contributed by atoms with Crippen LogP contribution in [-0.4, -0.2) is 34.2 Å². The number of hydrogen-bond acceptors (Lipinski definition) is 3. The highest BCUT2D eigenvalue weighted by molar-refractivity contribution is 9.10. The first-order valence-electron chi connectivity index (χ1n) is 10.0. The summed E-state index contributed by atoms with van der Waals surface area (Å²) in [6.45, 7) is 0.878. The van der Waals surface area contributed by atoms with E-state index in [9.17, 15) is 9.59 Å². The predicted molar refractivity (Wildman–Crippen MR) is 118 cm³/mol. The fourth-order valence-corrected chi connectivity index (χ4v) is 3.87. The highest BCUT2D eigenvalue weighted by Crippen LogP contribution is 2.30. The third-order valence-electron chi connectivity index (χ3n) is 5.15. The number of carbonyl (C=O) groups is 2. The summed E-state index contributed by atoms with van der Waals surface area (Å²) in [5.74, 6) is 0.507. The molecule has 0 N–H and O–H groups in total. The molecule has 6 heteroatoms. The maximum atomic E-state index is 13.3. The van der Waals surface area contributed by atoms with Crippen LogP contribution in [0.5, 0.6) is 0 Å². The van der Waals surface area contributed by atoms with Crippen molar-refractivity contribution in [3.8, 4) is 0 Å². The molecule has 30 heavy (non-hydrogen) atoms. The van der Waals surface area contributed by atoms with Gasteiger partial charge in [0.15, 0.2) is 0 Å². The third kappa shape index (κ3) is 5.00. The van der Waals surface area contributed by atoms with Crippen LogP contribution in [0.15, 0.2) is 81.9 Å². The molecule has 5 nitrogen and oxygen atoms in total. The van der Waals surface area contributed by atoms with Crippen molar-refractivity contribution >= 4 is 27.7 Å². The highest BCUT2D eigenvalue weighted by Gasteiger charge is 2.35. The Morgan fingerprint density at radius 2 is 1.67 bits per heavy atom. The molecular formula is C24H23BrN2O3. The van der Waals surface area contributed by atoms with E-state index < -0.39 is 0 Å². The normalized spacial score (nSPS) is 13.1. The Labute approximate surface area is 184 Å². The van der Waals surface area contributed by atoms with Gasteiger partial charge in [-0.15, -0.1) is 0 Å². The smallest absolute Gasteiger partial charge is 0.255 e. The molecule has 1 saturated carbocycles. The number of hydrogen-bond donors (Lipinski definition) is 0. The SMILES string of the molecule is O=C(CN(C(=O)c1ccccc1Br)C1CC1)N(Cc1ccccc1)Cc1ccco1. The first-order chi connectivity index (χ1) is 14.6. The summed E-state index contributed by atoms with van der Waals surface area (Å²) in [6.07, 6.45) is 3.47. The van der Waals surface area contributed by atoms with Crippen LogP contribution < -0.4 is 0 Å². The van der Waals surface area contributed by atoms with Gasteiger partial charge in [-0.3, -0.25) is 9.59 Å². The summed E-state index contributed by atoms with van der Waals surface area (Å²) < 4.78 is 6.21. The predicted octanol–water partition coefficient (Wildman–Crippen LogP) is 4.88. The number of halogens is 1. The molecule has 1 aliphatic carbocycles. The zero-order valence-electron chi connectivity index (χ0n) is 16.5. The monoisotopic (exact) mass is 466 g/mol. The van der Waals surface area contributed by atoms with Crippen molar-refractivity contribution in [3.63, 3.8) is 0 Å². The number of carbonyl (C=O) groups excluding carboxylic acids is 2. The van der Waals surface area contributed by atoms with E-state index in [4.69, 9.17) is 4.42 Å². The van der Waals surface area contributed by atoms with Crippen molar-refractivity contribution < 1.29 is 14.0 Å². The topological polar surface area (TPSA) is 53.8 Å². The summed E-state index contributed by atoms with van der Waals surface area (Å²) >= 11 is 3.46. The molecule has 1 aliphatic rings. The molecule has 1 aromatic heterocycles. The Hall–Kier alpha value is -2.86. The molecule has 0 bridgehead atoms. The zero-order chi connectivity index (χ0) is 20.9. The average molecular weight is 467 g/mol. The zero-order valence-corrected chi connectivity index (χ0v) is 18.1. The van der Waals surface area contributed by atoms with E-state index in [0.717, 1.165) is 28.6 Å². The van der Waals surface area contributed by atoms with E-state index in [1.54, 1.807) is 22.1 Å². The lowest BCUT2D eigenvalue weighted by Gasteiger charge is -2.27. The van der Waals surface area contributed by atoms with Gasteiger partial charge in [-0.2, -0.15) is 0 Å². The molecule has 1 heterocycles.